The van der Waals surface area contributed by atoms with Gasteiger partial charge in [0.1, 0.15) is 16.8 Å². The number of likely N-dealkylation sites (tertiary alicyclic amines) is 1. The molecule has 5 rings (SSSR count). The molecule has 0 aliphatic carbocycles. The van der Waals surface area contributed by atoms with Crippen LogP contribution in [0.3, 0.4) is 0 Å². The third-order valence-electron chi connectivity index (χ3n) is 9.83. The minimum Gasteiger partial charge on any atom is -0.457 e. The van der Waals surface area contributed by atoms with Crippen LogP contribution in [-0.4, -0.2) is 54.5 Å². The summed E-state index contributed by atoms with van der Waals surface area (Å²) in [5.74, 6) is -0.683. The molecule has 1 aliphatic heterocycles. The third kappa shape index (κ3) is 7.28. The zero-order valence-electron chi connectivity index (χ0n) is 29.8. The predicted octanol–water partition coefficient (Wildman–Crippen LogP) is 8.52. The van der Waals surface area contributed by atoms with Gasteiger partial charge in [0.05, 0.1) is 12.6 Å². The molecular formula is C41H47BrNO4PSSi. The van der Waals surface area contributed by atoms with Crippen LogP contribution >= 0.6 is 34.6 Å². The van der Waals surface area contributed by atoms with E-state index in [0.717, 1.165) is 31.7 Å². The summed E-state index contributed by atoms with van der Waals surface area (Å²) in [6, 6.07) is 38.5. The second-order valence-corrected chi connectivity index (χ2v) is 24.1. The molecule has 1 amide bonds. The Bertz CT molecular complexity index is 1760. The number of β-lactam (4-membered cyclic amide) rings is 1. The molecular weight excluding hydrogens is 741 g/mol. The SMILES string of the molecule is C=CCOC(=O)C(N1CC(Sc2ccc(CBr)cc2)(C(C)O[Si](C)(C)C(C)(C)C)C1=O)=P(c1ccccc1)(c1ccccc1)c1ccccc1. The smallest absolute Gasteiger partial charge is 0.356 e. The molecule has 0 radical (unpaired) electrons. The van der Waals surface area contributed by atoms with Crippen LogP contribution in [0.1, 0.15) is 33.3 Å². The highest BCUT2D eigenvalue weighted by Gasteiger charge is 2.61. The van der Waals surface area contributed by atoms with Crippen LogP contribution in [0.5, 0.6) is 0 Å². The molecule has 0 spiro atoms. The molecule has 50 heavy (non-hydrogen) atoms. The van der Waals surface area contributed by atoms with Gasteiger partial charge < -0.3 is 14.1 Å². The molecule has 262 valence electrons. The van der Waals surface area contributed by atoms with Crippen LogP contribution in [0.2, 0.25) is 18.1 Å². The zero-order valence-corrected chi connectivity index (χ0v) is 34.1. The minimum atomic E-state index is -3.00. The van der Waals surface area contributed by atoms with Crippen molar-refractivity contribution in [3.05, 3.63) is 133 Å². The van der Waals surface area contributed by atoms with E-state index < -0.39 is 32.0 Å². The minimum absolute atomic E-state index is 0.0213. The Morgan fingerprint density at radius 2 is 1.40 bits per heavy atom. The Morgan fingerprint density at radius 3 is 1.80 bits per heavy atom. The van der Waals surface area contributed by atoms with E-state index in [9.17, 15) is 4.79 Å². The van der Waals surface area contributed by atoms with E-state index in [1.165, 1.54) is 11.8 Å². The quantitative estimate of drug-likeness (QED) is 0.0340. The van der Waals surface area contributed by atoms with Crippen LogP contribution in [0.25, 0.3) is 0 Å². The molecule has 1 saturated heterocycles. The van der Waals surface area contributed by atoms with Gasteiger partial charge in [-0.3, -0.25) is 4.79 Å². The van der Waals surface area contributed by atoms with Crippen molar-refractivity contribution in [2.45, 2.75) is 66.9 Å². The second kappa shape index (κ2) is 15.6. The second-order valence-electron chi connectivity index (χ2n) is 14.1. The molecule has 0 saturated carbocycles. The van der Waals surface area contributed by atoms with E-state index in [2.05, 4.69) is 117 Å². The molecule has 1 fully saturated rings. The Hall–Kier alpha value is -3.13. The molecule has 1 heterocycles. The summed E-state index contributed by atoms with van der Waals surface area (Å²) < 4.78 is 12.0. The molecule has 2 unspecified atom stereocenters. The Kier molecular flexibility index (Phi) is 11.9. The largest absolute Gasteiger partial charge is 0.457 e. The van der Waals surface area contributed by atoms with Crippen LogP contribution < -0.4 is 15.9 Å². The van der Waals surface area contributed by atoms with Crippen molar-refractivity contribution in [3.63, 3.8) is 0 Å². The lowest BCUT2D eigenvalue weighted by Gasteiger charge is -2.54. The average Bonchev–Trinajstić information content (AvgIpc) is 3.12. The fourth-order valence-corrected chi connectivity index (χ4v) is 13.7. The van der Waals surface area contributed by atoms with E-state index >= 15 is 4.79 Å². The van der Waals surface area contributed by atoms with E-state index in [4.69, 9.17) is 9.16 Å². The van der Waals surface area contributed by atoms with Crippen molar-refractivity contribution in [2.75, 3.05) is 13.2 Å². The van der Waals surface area contributed by atoms with Crippen LogP contribution in [-0.2, 0) is 24.1 Å². The number of thioether (sulfide) groups is 1. The molecule has 2 atom stereocenters. The van der Waals surface area contributed by atoms with Gasteiger partial charge in [-0.1, -0.05) is 152 Å². The number of hydrogen-bond acceptors (Lipinski definition) is 5. The van der Waals surface area contributed by atoms with E-state index in [1.807, 2.05) is 61.5 Å². The van der Waals surface area contributed by atoms with Gasteiger partial charge in [-0.2, -0.15) is 0 Å². The number of nitrogens with zero attached hydrogens (tertiary/aromatic N) is 1. The molecule has 5 nitrogen and oxygen atoms in total. The number of halogens is 1. The van der Waals surface area contributed by atoms with Crippen molar-refractivity contribution in [2.24, 2.45) is 0 Å². The topological polar surface area (TPSA) is 55.8 Å². The number of ether oxygens (including phenoxy) is 1. The summed E-state index contributed by atoms with van der Waals surface area (Å²) >= 11 is 5.09. The maximum absolute atomic E-state index is 15.4. The van der Waals surface area contributed by atoms with Crippen molar-refractivity contribution in [3.8, 4) is 0 Å². The highest BCUT2D eigenvalue weighted by molar-refractivity contribution is 9.08. The summed E-state index contributed by atoms with van der Waals surface area (Å²) in [6.45, 7) is 14.2. The Morgan fingerprint density at radius 1 is 0.920 bits per heavy atom. The molecule has 4 aromatic rings. The lowest BCUT2D eigenvalue weighted by Crippen LogP contribution is -2.73. The molecule has 9 heteroatoms. The molecule has 0 aromatic heterocycles. The first-order chi connectivity index (χ1) is 23.8. The van der Waals surface area contributed by atoms with Gasteiger partial charge in [-0.05, 0) is 58.7 Å². The summed E-state index contributed by atoms with van der Waals surface area (Å²) in [5, 5.41) is 3.55. The number of esters is 1. The van der Waals surface area contributed by atoms with Gasteiger partial charge in [0.25, 0.3) is 0 Å². The molecule has 0 bridgehead atoms. The lowest BCUT2D eigenvalue weighted by atomic mass is 9.92. The number of carbonyl (C=O) groups is 2. The summed E-state index contributed by atoms with van der Waals surface area (Å²) in [7, 11) is -2.30. The first-order valence-electron chi connectivity index (χ1n) is 16.9. The van der Waals surface area contributed by atoms with Crippen molar-refractivity contribution in [1.82, 2.24) is 4.90 Å². The highest BCUT2D eigenvalue weighted by Crippen LogP contribution is 2.53. The van der Waals surface area contributed by atoms with E-state index in [1.54, 1.807) is 11.0 Å². The number of amides is 1. The zero-order chi connectivity index (χ0) is 36.2. The van der Waals surface area contributed by atoms with E-state index in [0.29, 0.717) is 5.42 Å². The standard InChI is InChI=1S/C41H47BrNO4PSSi/c1-8-28-46-38(44)37(48(33-18-12-9-13-19-33,34-20-14-10-15-21-34)35-22-16-11-17-23-35)43-30-41(39(43)45,31(2)47-50(6,7)40(3,4)5)49-36-26-24-32(29-42)25-27-36/h8-27,31H,1,28-30H2,2-7H3. The average molecular weight is 789 g/mol. The van der Waals surface area contributed by atoms with Gasteiger partial charge in [-0.25, -0.2) is 4.79 Å². The summed E-state index contributed by atoms with van der Waals surface area (Å²) in [6.07, 6.45) is 1.13. The van der Waals surface area contributed by atoms with Gasteiger partial charge >= 0.3 is 5.97 Å². The number of rotatable bonds is 13. The summed E-state index contributed by atoms with van der Waals surface area (Å²) in [5.41, 5.74) is 1.51. The van der Waals surface area contributed by atoms with Crippen molar-refractivity contribution < 1.29 is 18.8 Å². The first kappa shape index (κ1) is 38.1. The Balaban J connectivity index is 1.80. The van der Waals surface area contributed by atoms with Gasteiger partial charge in [0.15, 0.2) is 8.32 Å². The molecule has 0 N–H and O–H groups in total. The maximum Gasteiger partial charge on any atom is 0.356 e. The normalized spacial score (nSPS) is 17.1. The number of alkyl halides is 1. The fraction of sp³-hybridized carbons (Fsp3) is 0.293. The number of carbonyl (C=O) groups excluding carboxylic acids is 2. The van der Waals surface area contributed by atoms with Gasteiger partial charge in [-0.15, -0.1) is 11.8 Å². The van der Waals surface area contributed by atoms with Crippen LogP contribution in [0.15, 0.2) is 133 Å². The van der Waals surface area contributed by atoms with Gasteiger partial charge in [0.2, 0.25) is 5.91 Å². The lowest BCUT2D eigenvalue weighted by molar-refractivity contribution is -0.146. The van der Waals surface area contributed by atoms with Crippen molar-refractivity contribution in [1.29, 1.82) is 0 Å². The van der Waals surface area contributed by atoms with Crippen LogP contribution in [0, 0.1) is 0 Å². The number of hydrogen-bond donors (Lipinski definition) is 0. The molecule has 1 aliphatic rings. The van der Waals surface area contributed by atoms with Gasteiger partial charge in [0, 0.05) is 17.1 Å². The fourth-order valence-electron chi connectivity index (χ4n) is 6.11. The highest BCUT2D eigenvalue weighted by atomic mass is 79.9. The predicted molar refractivity (Wildman–Crippen MR) is 218 cm³/mol. The first-order valence-corrected chi connectivity index (χ1v) is 23.5. The molecule has 4 aromatic carbocycles. The van der Waals surface area contributed by atoms with Crippen molar-refractivity contribution >= 4 is 76.1 Å². The monoisotopic (exact) mass is 787 g/mol. The van der Waals surface area contributed by atoms with Crippen LogP contribution in [0.4, 0.5) is 0 Å². The van der Waals surface area contributed by atoms with E-state index in [-0.39, 0.29) is 24.1 Å². The number of benzene rings is 4. The summed E-state index contributed by atoms with van der Waals surface area (Å²) in [4.78, 5) is 32.7. The Labute approximate surface area is 311 Å². The maximum atomic E-state index is 15.4. The third-order valence-corrected chi connectivity index (χ3v) is 20.8.